The van der Waals surface area contributed by atoms with Crippen molar-refractivity contribution in [2.75, 3.05) is 13.2 Å². The van der Waals surface area contributed by atoms with E-state index in [1.165, 1.54) is 0 Å². The van der Waals surface area contributed by atoms with E-state index in [-0.39, 0.29) is 5.75 Å². The number of carbonyl (C=O) groups is 2. The summed E-state index contributed by atoms with van der Waals surface area (Å²) in [5.74, 6) is -4.38. The Hall–Kier alpha value is -2.22. The number of carboxylic acid groups (broad SMARTS) is 1. The number of aliphatic carboxylic acids is 1. The molecule has 0 spiro atoms. The predicted octanol–water partition coefficient (Wildman–Crippen LogP) is -0.0947. The molecule has 3 N–H and O–H groups in total. The first-order valence-corrected chi connectivity index (χ1v) is 5.15. The lowest BCUT2D eigenvalue weighted by Crippen LogP contribution is -2.45. The summed E-state index contributed by atoms with van der Waals surface area (Å²) in [5, 5.41) is 19.2. The molecule has 0 aliphatic heterocycles. The first kappa shape index (κ1) is 14.8. The monoisotopic (exact) mass is 275 g/mol. The average molecular weight is 275 g/mol. The molecule has 0 aliphatic rings. The molecule has 104 valence electrons. The number of hydrogen-bond donors (Lipinski definition) is 3. The summed E-state index contributed by atoms with van der Waals surface area (Å²) in [5.41, 5.74) is 0. The van der Waals surface area contributed by atoms with E-state index >= 15 is 0 Å². The third-order valence-corrected chi connectivity index (χ3v) is 2.07. The second-order valence-electron chi connectivity index (χ2n) is 3.50. The van der Waals surface area contributed by atoms with Gasteiger partial charge in [0.15, 0.2) is 18.2 Å². The lowest BCUT2D eigenvalue weighted by molar-refractivity contribution is -0.143. The second-order valence-corrected chi connectivity index (χ2v) is 3.50. The van der Waals surface area contributed by atoms with Crippen LogP contribution in [0.3, 0.4) is 0 Å². The minimum Gasteiger partial charge on any atom is -0.481 e. The Morgan fingerprint density at radius 2 is 2.05 bits per heavy atom. The number of amides is 1. The fraction of sp³-hybridized carbons (Fsp3) is 0.273. The Morgan fingerprint density at radius 1 is 1.37 bits per heavy atom. The SMILES string of the molecule is O=C(COc1ccc(F)cc1F)NC(CO)C(=O)O. The van der Waals surface area contributed by atoms with Crippen molar-refractivity contribution in [2.45, 2.75) is 6.04 Å². The first-order valence-electron chi connectivity index (χ1n) is 5.15. The van der Waals surface area contributed by atoms with Gasteiger partial charge in [-0.05, 0) is 12.1 Å². The number of halogens is 2. The number of hydrogen-bond acceptors (Lipinski definition) is 4. The molecule has 1 unspecified atom stereocenters. The van der Waals surface area contributed by atoms with E-state index in [2.05, 4.69) is 0 Å². The fourth-order valence-electron chi connectivity index (χ4n) is 1.16. The van der Waals surface area contributed by atoms with Gasteiger partial charge in [0.1, 0.15) is 11.9 Å². The minimum atomic E-state index is -1.46. The zero-order valence-electron chi connectivity index (χ0n) is 9.60. The Morgan fingerprint density at radius 3 is 2.58 bits per heavy atom. The van der Waals surface area contributed by atoms with Crippen LogP contribution in [0.25, 0.3) is 0 Å². The van der Waals surface area contributed by atoms with Crippen molar-refractivity contribution in [3.8, 4) is 5.75 Å². The standard InChI is InChI=1S/C11H11F2NO5/c12-6-1-2-9(7(13)3-6)19-5-10(16)14-8(4-15)11(17)18/h1-3,8,15H,4-5H2,(H,14,16)(H,17,18). The first-order chi connectivity index (χ1) is 8.93. The molecule has 1 aromatic rings. The molecule has 6 nitrogen and oxygen atoms in total. The summed E-state index contributed by atoms with van der Waals surface area (Å²) in [6.45, 7) is -1.45. The van der Waals surface area contributed by atoms with Gasteiger partial charge in [-0.3, -0.25) is 4.79 Å². The van der Waals surface area contributed by atoms with Crippen LogP contribution in [0.15, 0.2) is 18.2 Å². The predicted molar refractivity (Wildman–Crippen MR) is 58.5 cm³/mol. The summed E-state index contributed by atoms with van der Waals surface area (Å²) in [6.07, 6.45) is 0. The van der Waals surface area contributed by atoms with E-state index in [9.17, 15) is 18.4 Å². The van der Waals surface area contributed by atoms with E-state index in [0.717, 1.165) is 12.1 Å². The lowest BCUT2D eigenvalue weighted by Gasteiger charge is -2.12. The Bertz CT molecular complexity index is 480. The third kappa shape index (κ3) is 4.51. The minimum absolute atomic E-state index is 0.340. The molecule has 0 aliphatic carbocycles. The molecule has 0 bridgehead atoms. The van der Waals surface area contributed by atoms with Gasteiger partial charge < -0.3 is 20.3 Å². The number of nitrogens with one attached hydrogen (secondary N) is 1. The van der Waals surface area contributed by atoms with Gasteiger partial charge in [0.25, 0.3) is 5.91 Å². The van der Waals surface area contributed by atoms with Crippen molar-refractivity contribution in [3.05, 3.63) is 29.8 Å². The van der Waals surface area contributed by atoms with Crippen LogP contribution in [-0.2, 0) is 9.59 Å². The smallest absolute Gasteiger partial charge is 0.328 e. The number of carbonyl (C=O) groups excluding carboxylic acids is 1. The van der Waals surface area contributed by atoms with Crippen molar-refractivity contribution in [1.82, 2.24) is 5.32 Å². The van der Waals surface area contributed by atoms with E-state index < -0.39 is 42.8 Å². The van der Waals surface area contributed by atoms with E-state index in [1.54, 1.807) is 0 Å². The highest BCUT2D eigenvalue weighted by Gasteiger charge is 2.19. The highest BCUT2D eigenvalue weighted by molar-refractivity contribution is 5.84. The summed E-state index contributed by atoms with van der Waals surface area (Å²) in [4.78, 5) is 21.8. The number of ether oxygens (including phenoxy) is 1. The molecule has 0 heterocycles. The number of aliphatic hydroxyl groups is 1. The van der Waals surface area contributed by atoms with Crippen LogP contribution in [-0.4, -0.2) is 41.3 Å². The molecular formula is C11H11F2NO5. The van der Waals surface area contributed by atoms with Gasteiger partial charge in [-0.15, -0.1) is 0 Å². The van der Waals surface area contributed by atoms with Gasteiger partial charge >= 0.3 is 5.97 Å². The van der Waals surface area contributed by atoms with Crippen molar-refractivity contribution in [1.29, 1.82) is 0 Å². The maximum Gasteiger partial charge on any atom is 0.328 e. The van der Waals surface area contributed by atoms with Gasteiger partial charge in [-0.1, -0.05) is 0 Å². The largest absolute Gasteiger partial charge is 0.481 e. The van der Waals surface area contributed by atoms with Crippen molar-refractivity contribution in [3.63, 3.8) is 0 Å². The van der Waals surface area contributed by atoms with E-state index in [1.807, 2.05) is 5.32 Å². The van der Waals surface area contributed by atoms with Gasteiger partial charge in [-0.2, -0.15) is 0 Å². The maximum atomic E-state index is 13.1. The van der Waals surface area contributed by atoms with Crippen LogP contribution >= 0.6 is 0 Å². The van der Waals surface area contributed by atoms with Gasteiger partial charge in [0.05, 0.1) is 6.61 Å². The molecular weight excluding hydrogens is 264 g/mol. The molecule has 0 radical (unpaired) electrons. The second kappa shape index (κ2) is 6.64. The summed E-state index contributed by atoms with van der Waals surface area (Å²) >= 11 is 0. The molecule has 1 amide bonds. The molecule has 1 atom stereocenters. The summed E-state index contributed by atoms with van der Waals surface area (Å²) < 4.78 is 30.5. The zero-order chi connectivity index (χ0) is 14.4. The molecule has 19 heavy (non-hydrogen) atoms. The number of carboxylic acids is 1. The van der Waals surface area contributed by atoms with E-state index in [4.69, 9.17) is 14.9 Å². The highest BCUT2D eigenvalue weighted by atomic mass is 19.1. The third-order valence-electron chi connectivity index (χ3n) is 2.07. The fourth-order valence-corrected chi connectivity index (χ4v) is 1.16. The molecule has 1 rings (SSSR count). The number of rotatable bonds is 6. The number of aliphatic hydroxyl groups excluding tert-OH is 1. The molecule has 8 heteroatoms. The molecule has 0 saturated heterocycles. The Labute approximate surface area is 106 Å². The normalized spacial score (nSPS) is 11.7. The lowest BCUT2D eigenvalue weighted by atomic mass is 10.3. The molecule has 0 aromatic heterocycles. The van der Waals surface area contributed by atoms with Crippen LogP contribution in [0.2, 0.25) is 0 Å². The van der Waals surface area contributed by atoms with Crippen molar-refractivity contribution >= 4 is 11.9 Å². The average Bonchev–Trinajstić information content (AvgIpc) is 2.34. The number of benzene rings is 1. The van der Waals surface area contributed by atoms with Crippen LogP contribution in [0.5, 0.6) is 5.75 Å². The Kier molecular flexibility index (Phi) is 5.19. The van der Waals surface area contributed by atoms with Crippen LogP contribution in [0.4, 0.5) is 8.78 Å². The molecule has 0 saturated carbocycles. The van der Waals surface area contributed by atoms with E-state index in [0.29, 0.717) is 6.07 Å². The topological polar surface area (TPSA) is 95.9 Å². The van der Waals surface area contributed by atoms with Gasteiger partial charge in [0, 0.05) is 6.07 Å². The Balaban J connectivity index is 2.52. The zero-order valence-corrected chi connectivity index (χ0v) is 9.60. The van der Waals surface area contributed by atoms with Crippen LogP contribution < -0.4 is 10.1 Å². The molecule has 0 fully saturated rings. The summed E-state index contributed by atoms with van der Waals surface area (Å²) in [7, 11) is 0. The van der Waals surface area contributed by atoms with Crippen molar-refractivity contribution in [2.24, 2.45) is 0 Å². The van der Waals surface area contributed by atoms with Gasteiger partial charge in [0.2, 0.25) is 0 Å². The van der Waals surface area contributed by atoms with Crippen LogP contribution in [0.1, 0.15) is 0 Å². The highest BCUT2D eigenvalue weighted by Crippen LogP contribution is 2.17. The van der Waals surface area contributed by atoms with Gasteiger partial charge in [-0.25, -0.2) is 13.6 Å². The molecule has 1 aromatic carbocycles. The summed E-state index contributed by atoms with van der Waals surface area (Å²) in [6, 6.07) is 1.07. The maximum absolute atomic E-state index is 13.1. The van der Waals surface area contributed by atoms with Crippen molar-refractivity contribution < 1.29 is 33.3 Å². The van der Waals surface area contributed by atoms with Crippen LogP contribution in [0, 0.1) is 11.6 Å². The quantitative estimate of drug-likeness (QED) is 0.674.